The molecule has 0 spiro atoms. The Morgan fingerprint density at radius 3 is 2.67 bits per heavy atom. The average Bonchev–Trinajstić information content (AvgIpc) is 2.80. The van der Waals surface area contributed by atoms with E-state index in [1.807, 2.05) is 6.08 Å². The zero-order valence-corrected chi connectivity index (χ0v) is 15.4. The molecule has 0 radical (unpaired) electrons. The number of aliphatic hydroxyl groups excluding tert-OH is 1. The second-order valence-corrected chi connectivity index (χ2v) is 9.68. The van der Waals surface area contributed by atoms with Crippen LogP contribution in [-0.4, -0.2) is 21.9 Å². The molecule has 0 heterocycles. The zero-order valence-electron chi connectivity index (χ0n) is 15.4. The third kappa shape index (κ3) is 2.08. The summed E-state index contributed by atoms with van der Waals surface area (Å²) in [5.41, 5.74) is 1.34. The molecule has 0 aromatic heterocycles. The lowest BCUT2D eigenvalue weighted by molar-refractivity contribution is -0.122. The topological polar surface area (TPSA) is 40.5 Å². The van der Waals surface area contributed by atoms with Gasteiger partial charge >= 0.3 is 0 Å². The van der Waals surface area contributed by atoms with E-state index in [0.29, 0.717) is 17.3 Å². The van der Waals surface area contributed by atoms with Crippen molar-refractivity contribution in [3.63, 3.8) is 0 Å². The van der Waals surface area contributed by atoms with E-state index in [2.05, 4.69) is 26.5 Å². The summed E-state index contributed by atoms with van der Waals surface area (Å²) in [4.78, 5) is 0. The minimum atomic E-state index is -0.544. The molecule has 0 amide bonds. The Balaban J connectivity index is 1.66. The Morgan fingerprint density at radius 1 is 1.17 bits per heavy atom. The van der Waals surface area contributed by atoms with Gasteiger partial charge in [0.05, 0.1) is 11.7 Å². The quantitative estimate of drug-likeness (QED) is 0.725. The van der Waals surface area contributed by atoms with Gasteiger partial charge in [-0.25, -0.2) is 0 Å². The fourth-order valence-corrected chi connectivity index (χ4v) is 7.33. The van der Waals surface area contributed by atoms with Gasteiger partial charge < -0.3 is 10.2 Å². The number of aliphatic hydroxyl groups is 2. The highest BCUT2D eigenvalue weighted by Crippen LogP contribution is 2.67. The van der Waals surface area contributed by atoms with Crippen molar-refractivity contribution in [3.05, 3.63) is 24.3 Å². The summed E-state index contributed by atoms with van der Waals surface area (Å²) in [7, 11) is 0. The second kappa shape index (κ2) is 5.45. The van der Waals surface area contributed by atoms with Crippen molar-refractivity contribution in [2.45, 2.75) is 83.3 Å². The molecule has 3 fully saturated rings. The van der Waals surface area contributed by atoms with Crippen LogP contribution in [0, 0.1) is 28.6 Å². The van der Waals surface area contributed by atoms with Crippen molar-refractivity contribution in [1.82, 2.24) is 0 Å². The van der Waals surface area contributed by atoms with E-state index in [-0.39, 0.29) is 11.5 Å². The maximum Gasteiger partial charge on any atom is 0.0738 e. The van der Waals surface area contributed by atoms with Gasteiger partial charge in [0, 0.05) is 0 Å². The van der Waals surface area contributed by atoms with E-state index in [0.717, 1.165) is 50.9 Å². The lowest BCUT2D eigenvalue weighted by atomic mass is 9.47. The molecular weight excluding hydrogens is 296 g/mol. The Kier molecular flexibility index (Phi) is 3.82. The number of fused-ring (bicyclic) bond motifs is 5. The van der Waals surface area contributed by atoms with Crippen molar-refractivity contribution >= 4 is 0 Å². The molecule has 2 heteroatoms. The van der Waals surface area contributed by atoms with Crippen molar-refractivity contribution < 1.29 is 10.2 Å². The molecule has 0 aromatic rings. The van der Waals surface area contributed by atoms with E-state index in [1.54, 1.807) is 0 Å². The third-order valence-electron chi connectivity index (χ3n) is 8.88. The Hall–Kier alpha value is -0.600. The SMILES string of the molecule is C=CC[C@]1(O)CC[C@@H]2[C@@H]3CC=C4C[C@H](O)CC[C@]4(C)[C@@H]3CC[C@]21C. The van der Waals surface area contributed by atoms with Gasteiger partial charge in [-0.2, -0.15) is 0 Å². The van der Waals surface area contributed by atoms with Crippen LogP contribution < -0.4 is 0 Å². The van der Waals surface area contributed by atoms with Gasteiger partial charge in [-0.15, -0.1) is 6.58 Å². The van der Waals surface area contributed by atoms with Gasteiger partial charge in [0.25, 0.3) is 0 Å². The van der Waals surface area contributed by atoms with Gasteiger partial charge in [-0.3, -0.25) is 0 Å². The molecule has 134 valence electrons. The normalized spacial score (nSPS) is 53.6. The van der Waals surface area contributed by atoms with Crippen LogP contribution in [0.5, 0.6) is 0 Å². The standard InChI is InChI=1S/C22H34O2/c1-4-10-22(24)13-9-19-17-6-5-15-14-16(23)7-11-20(15,2)18(17)8-12-21(19,22)3/h4-5,16-19,23-24H,1,6-14H2,2-3H3/t16-,17-,18-,19-,20+,21-,22+/m1/s1. The molecule has 0 saturated heterocycles. The van der Waals surface area contributed by atoms with Crippen LogP contribution in [0.4, 0.5) is 0 Å². The average molecular weight is 331 g/mol. The highest BCUT2D eigenvalue weighted by molar-refractivity contribution is 5.26. The molecule has 7 atom stereocenters. The predicted molar refractivity (Wildman–Crippen MR) is 97.5 cm³/mol. The van der Waals surface area contributed by atoms with Gasteiger partial charge in [-0.05, 0) is 86.4 Å². The van der Waals surface area contributed by atoms with Crippen LogP contribution in [0.1, 0.15) is 71.6 Å². The van der Waals surface area contributed by atoms with Crippen LogP contribution in [-0.2, 0) is 0 Å². The Labute approximate surface area is 147 Å². The van der Waals surface area contributed by atoms with Crippen molar-refractivity contribution in [2.24, 2.45) is 28.6 Å². The molecule has 2 N–H and O–H groups in total. The predicted octanol–water partition coefficient (Wildman–Crippen LogP) is 4.62. The van der Waals surface area contributed by atoms with Crippen molar-refractivity contribution in [1.29, 1.82) is 0 Å². The molecule has 4 aliphatic carbocycles. The van der Waals surface area contributed by atoms with Gasteiger partial charge in [0.15, 0.2) is 0 Å². The van der Waals surface area contributed by atoms with E-state index in [9.17, 15) is 10.2 Å². The minimum absolute atomic E-state index is 0.0538. The van der Waals surface area contributed by atoms with Gasteiger partial charge in [-0.1, -0.05) is 31.6 Å². The van der Waals surface area contributed by atoms with E-state index < -0.39 is 5.60 Å². The summed E-state index contributed by atoms with van der Waals surface area (Å²) in [5.74, 6) is 2.10. The molecule has 0 aliphatic heterocycles. The number of hydrogen-bond acceptors (Lipinski definition) is 2. The molecule has 0 aromatic carbocycles. The highest BCUT2D eigenvalue weighted by atomic mass is 16.3. The zero-order chi connectivity index (χ0) is 17.2. The third-order valence-corrected chi connectivity index (χ3v) is 8.88. The first-order valence-electron chi connectivity index (χ1n) is 10.0. The van der Waals surface area contributed by atoms with Crippen molar-refractivity contribution in [2.75, 3.05) is 0 Å². The molecule has 4 aliphatic rings. The number of hydrogen-bond donors (Lipinski definition) is 2. The molecule has 2 nitrogen and oxygen atoms in total. The lowest BCUT2D eigenvalue weighted by Crippen LogP contribution is -2.54. The van der Waals surface area contributed by atoms with Crippen LogP contribution in [0.15, 0.2) is 24.3 Å². The summed E-state index contributed by atoms with van der Waals surface area (Å²) < 4.78 is 0. The number of rotatable bonds is 2. The summed E-state index contributed by atoms with van der Waals surface area (Å²) in [6.07, 6.45) is 13.6. The summed E-state index contributed by atoms with van der Waals surface area (Å²) in [6.45, 7) is 8.72. The van der Waals surface area contributed by atoms with Crippen molar-refractivity contribution in [3.8, 4) is 0 Å². The number of allylic oxidation sites excluding steroid dienone is 1. The van der Waals surface area contributed by atoms with E-state index >= 15 is 0 Å². The monoisotopic (exact) mass is 330 g/mol. The smallest absolute Gasteiger partial charge is 0.0738 e. The molecular formula is C22H34O2. The van der Waals surface area contributed by atoms with E-state index in [1.165, 1.54) is 18.4 Å². The second-order valence-electron chi connectivity index (χ2n) is 9.68. The molecule has 24 heavy (non-hydrogen) atoms. The Bertz CT molecular complexity index is 566. The first-order chi connectivity index (χ1) is 11.3. The molecule has 0 bridgehead atoms. The van der Waals surface area contributed by atoms with Gasteiger partial charge in [0.2, 0.25) is 0 Å². The summed E-state index contributed by atoms with van der Waals surface area (Å²) in [5, 5.41) is 21.4. The first-order valence-corrected chi connectivity index (χ1v) is 10.0. The molecule has 4 rings (SSSR count). The largest absolute Gasteiger partial charge is 0.393 e. The Morgan fingerprint density at radius 2 is 1.92 bits per heavy atom. The highest BCUT2D eigenvalue weighted by Gasteiger charge is 2.63. The van der Waals surface area contributed by atoms with Crippen LogP contribution in [0.25, 0.3) is 0 Å². The van der Waals surface area contributed by atoms with Crippen LogP contribution in [0.2, 0.25) is 0 Å². The fraction of sp³-hybridized carbons (Fsp3) is 0.818. The minimum Gasteiger partial charge on any atom is -0.393 e. The fourth-order valence-electron chi connectivity index (χ4n) is 7.33. The summed E-state index contributed by atoms with van der Waals surface area (Å²) in [6, 6.07) is 0. The van der Waals surface area contributed by atoms with Crippen LogP contribution in [0.3, 0.4) is 0 Å². The maximum absolute atomic E-state index is 11.3. The van der Waals surface area contributed by atoms with Gasteiger partial charge in [0.1, 0.15) is 0 Å². The van der Waals surface area contributed by atoms with E-state index in [4.69, 9.17) is 0 Å². The molecule has 3 saturated carbocycles. The summed E-state index contributed by atoms with van der Waals surface area (Å²) >= 11 is 0. The first kappa shape index (κ1) is 16.8. The lowest BCUT2D eigenvalue weighted by Gasteiger charge is -2.59. The maximum atomic E-state index is 11.3. The molecule has 0 unspecified atom stereocenters. The van der Waals surface area contributed by atoms with Crippen LogP contribution >= 0.6 is 0 Å².